The van der Waals surface area contributed by atoms with Crippen LogP contribution in [0.15, 0.2) is 30.7 Å². The second kappa shape index (κ2) is 11.3. The van der Waals surface area contributed by atoms with Crippen LogP contribution in [0.1, 0.15) is 89.3 Å². The van der Waals surface area contributed by atoms with Crippen molar-refractivity contribution < 1.29 is 4.79 Å². The fourth-order valence-electron chi connectivity index (χ4n) is 5.64. The maximum Gasteiger partial charge on any atom is 0.242 e. The molecule has 2 N–H and O–H groups in total. The SMILES string of the molecule is CCCC(NC1CCc2cc(C(C)C)ccc2C1)C(=O)Nc1cn(C(C)(C)CN2CCCC2)cn1. The third-order valence-corrected chi connectivity index (χ3v) is 7.80. The fourth-order valence-corrected chi connectivity index (χ4v) is 5.64. The number of likely N-dealkylation sites (tertiary alicyclic amines) is 1. The van der Waals surface area contributed by atoms with Crippen LogP contribution in [0.3, 0.4) is 0 Å². The minimum absolute atomic E-state index is 0.0235. The molecule has 1 aromatic heterocycles. The van der Waals surface area contributed by atoms with E-state index in [9.17, 15) is 4.79 Å². The summed E-state index contributed by atoms with van der Waals surface area (Å²) in [7, 11) is 0. The molecule has 6 nitrogen and oxygen atoms in total. The number of benzene rings is 1. The second-order valence-electron chi connectivity index (χ2n) is 11.6. The van der Waals surface area contributed by atoms with Gasteiger partial charge in [-0.2, -0.15) is 0 Å². The fraction of sp³-hybridized carbons (Fsp3) is 0.655. The van der Waals surface area contributed by atoms with Crippen molar-refractivity contribution in [3.63, 3.8) is 0 Å². The molecule has 2 unspecified atom stereocenters. The van der Waals surface area contributed by atoms with E-state index in [0.29, 0.717) is 17.8 Å². The van der Waals surface area contributed by atoms with E-state index in [1.165, 1.54) is 42.6 Å². The van der Waals surface area contributed by atoms with Crippen LogP contribution in [0.2, 0.25) is 0 Å². The number of aryl methyl sites for hydroxylation is 1. The van der Waals surface area contributed by atoms with Crippen LogP contribution in [0, 0.1) is 0 Å². The molecule has 1 aliphatic heterocycles. The van der Waals surface area contributed by atoms with Gasteiger partial charge in [-0.05, 0) is 88.1 Å². The van der Waals surface area contributed by atoms with Crippen LogP contribution < -0.4 is 10.6 Å². The molecule has 1 fully saturated rings. The number of amides is 1. The second-order valence-corrected chi connectivity index (χ2v) is 11.6. The summed E-state index contributed by atoms with van der Waals surface area (Å²) in [4.78, 5) is 20.3. The van der Waals surface area contributed by atoms with Crippen LogP contribution in [-0.2, 0) is 23.2 Å². The molecule has 1 aliphatic carbocycles. The molecule has 6 heteroatoms. The van der Waals surface area contributed by atoms with E-state index in [0.717, 1.165) is 38.6 Å². The van der Waals surface area contributed by atoms with Gasteiger partial charge in [-0.1, -0.05) is 45.4 Å². The lowest BCUT2D eigenvalue weighted by Crippen LogP contribution is -2.47. The predicted molar refractivity (Wildman–Crippen MR) is 144 cm³/mol. The highest BCUT2D eigenvalue weighted by Gasteiger charge is 2.28. The number of aromatic nitrogens is 2. The standard InChI is InChI=1S/C29H45N5O/c1-6-9-26(31-25-13-12-23-16-22(21(2)3)10-11-24(23)17-25)28(35)32-27-18-34(20-30-27)29(4,5)19-33-14-7-8-15-33/h10-11,16,18,20-21,25-26,31H,6-9,12-15,17,19H2,1-5H3,(H,32,35). The Bertz CT molecular complexity index is 989. The Morgan fingerprint density at radius 2 is 1.97 bits per heavy atom. The van der Waals surface area contributed by atoms with Crippen LogP contribution >= 0.6 is 0 Å². The molecule has 0 spiro atoms. The minimum Gasteiger partial charge on any atom is -0.328 e. The number of hydrogen-bond acceptors (Lipinski definition) is 4. The van der Waals surface area contributed by atoms with Gasteiger partial charge in [0.05, 0.1) is 17.9 Å². The summed E-state index contributed by atoms with van der Waals surface area (Å²) in [5, 5.41) is 6.78. The number of carbonyl (C=O) groups is 1. The highest BCUT2D eigenvalue weighted by atomic mass is 16.2. The summed E-state index contributed by atoms with van der Waals surface area (Å²) in [6.07, 6.45) is 11.3. The smallest absolute Gasteiger partial charge is 0.242 e. The van der Waals surface area contributed by atoms with Crippen LogP contribution in [0.5, 0.6) is 0 Å². The predicted octanol–water partition coefficient (Wildman–Crippen LogP) is 5.09. The largest absolute Gasteiger partial charge is 0.328 e. The first-order chi connectivity index (χ1) is 16.7. The maximum absolute atomic E-state index is 13.2. The number of carbonyl (C=O) groups excluding carboxylic acids is 1. The Hall–Kier alpha value is -2.18. The molecule has 1 saturated heterocycles. The van der Waals surface area contributed by atoms with E-state index in [1.54, 1.807) is 0 Å². The minimum atomic E-state index is -0.204. The van der Waals surface area contributed by atoms with E-state index in [1.807, 2.05) is 12.5 Å². The average molecular weight is 480 g/mol. The zero-order chi connectivity index (χ0) is 25.0. The molecule has 4 rings (SSSR count). The summed E-state index contributed by atoms with van der Waals surface area (Å²) >= 11 is 0. The lowest BCUT2D eigenvalue weighted by molar-refractivity contribution is -0.118. The zero-order valence-corrected chi connectivity index (χ0v) is 22.4. The van der Waals surface area contributed by atoms with Gasteiger partial charge < -0.3 is 20.1 Å². The molecule has 0 radical (unpaired) electrons. The number of hydrogen-bond donors (Lipinski definition) is 2. The zero-order valence-electron chi connectivity index (χ0n) is 22.4. The van der Waals surface area contributed by atoms with E-state index < -0.39 is 0 Å². The van der Waals surface area contributed by atoms with Crippen molar-refractivity contribution >= 4 is 11.7 Å². The van der Waals surface area contributed by atoms with Crippen LogP contribution in [0.25, 0.3) is 0 Å². The number of rotatable bonds is 10. The molecular formula is C29H45N5O. The van der Waals surface area contributed by atoms with Crippen LogP contribution in [-0.4, -0.2) is 52.1 Å². The Balaban J connectivity index is 1.36. The summed E-state index contributed by atoms with van der Waals surface area (Å²) in [5.74, 6) is 1.22. The first kappa shape index (κ1) is 25.9. The summed E-state index contributed by atoms with van der Waals surface area (Å²) in [5.41, 5.74) is 4.26. The molecule has 2 atom stereocenters. The molecule has 192 valence electrons. The number of anilines is 1. The van der Waals surface area contributed by atoms with E-state index in [2.05, 4.69) is 77.9 Å². The molecule has 0 bridgehead atoms. The summed E-state index contributed by atoms with van der Waals surface area (Å²) in [6.45, 7) is 14.5. The number of imidazole rings is 1. The van der Waals surface area contributed by atoms with Crippen molar-refractivity contribution in [1.29, 1.82) is 0 Å². The molecule has 2 heterocycles. The first-order valence-electron chi connectivity index (χ1n) is 13.7. The quantitative estimate of drug-likeness (QED) is 0.498. The van der Waals surface area contributed by atoms with Crippen molar-refractivity contribution in [2.24, 2.45) is 0 Å². The van der Waals surface area contributed by atoms with Gasteiger partial charge in [0, 0.05) is 18.8 Å². The highest BCUT2D eigenvalue weighted by molar-refractivity contribution is 5.94. The van der Waals surface area contributed by atoms with Gasteiger partial charge in [-0.3, -0.25) is 4.79 Å². The average Bonchev–Trinajstić information content (AvgIpc) is 3.50. The van der Waals surface area contributed by atoms with Crippen molar-refractivity contribution in [3.8, 4) is 0 Å². The lowest BCUT2D eigenvalue weighted by atomic mass is 9.85. The van der Waals surface area contributed by atoms with Crippen molar-refractivity contribution in [2.45, 2.75) is 103 Å². The Morgan fingerprint density at radius 1 is 1.20 bits per heavy atom. The van der Waals surface area contributed by atoms with Gasteiger partial charge in [0.15, 0.2) is 5.82 Å². The van der Waals surface area contributed by atoms with Crippen molar-refractivity contribution in [1.82, 2.24) is 19.8 Å². The third kappa shape index (κ3) is 6.53. The molecule has 1 amide bonds. The van der Waals surface area contributed by atoms with Gasteiger partial charge in [-0.25, -0.2) is 4.98 Å². The highest BCUT2D eigenvalue weighted by Crippen LogP contribution is 2.26. The van der Waals surface area contributed by atoms with E-state index in [4.69, 9.17) is 0 Å². The first-order valence-corrected chi connectivity index (χ1v) is 13.7. The van der Waals surface area contributed by atoms with Gasteiger partial charge in [0.1, 0.15) is 0 Å². The molecule has 35 heavy (non-hydrogen) atoms. The molecule has 2 aromatic rings. The number of nitrogens with zero attached hydrogens (tertiary/aromatic N) is 3. The van der Waals surface area contributed by atoms with E-state index in [-0.39, 0.29) is 17.5 Å². The third-order valence-electron chi connectivity index (χ3n) is 7.80. The summed E-state index contributed by atoms with van der Waals surface area (Å²) < 4.78 is 2.15. The summed E-state index contributed by atoms with van der Waals surface area (Å²) in [6, 6.07) is 7.07. The Labute approximate surface area is 211 Å². The molecular weight excluding hydrogens is 434 g/mol. The van der Waals surface area contributed by atoms with Gasteiger partial charge in [-0.15, -0.1) is 0 Å². The molecule has 0 saturated carbocycles. The number of nitrogens with one attached hydrogen (secondary N) is 2. The van der Waals surface area contributed by atoms with Gasteiger partial charge >= 0.3 is 0 Å². The Kier molecular flexibility index (Phi) is 8.33. The monoisotopic (exact) mass is 479 g/mol. The number of fused-ring (bicyclic) bond motifs is 1. The maximum atomic E-state index is 13.2. The van der Waals surface area contributed by atoms with Gasteiger partial charge in [0.2, 0.25) is 5.91 Å². The normalized spacial score (nSPS) is 19.7. The van der Waals surface area contributed by atoms with Crippen molar-refractivity contribution in [2.75, 3.05) is 25.0 Å². The molecule has 1 aromatic carbocycles. The topological polar surface area (TPSA) is 62.2 Å². The van der Waals surface area contributed by atoms with E-state index >= 15 is 0 Å². The van der Waals surface area contributed by atoms with Crippen LogP contribution in [0.4, 0.5) is 5.82 Å². The Morgan fingerprint density at radius 3 is 2.69 bits per heavy atom. The van der Waals surface area contributed by atoms with Gasteiger partial charge in [0.25, 0.3) is 0 Å². The lowest BCUT2D eigenvalue weighted by Gasteiger charge is -2.31. The molecule has 2 aliphatic rings. The van der Waals surface area contributed by atoms with Crippen molar-refractivity contribution in [3.05, 3.63) is 47.4 Å².